The number of rotatable bonds is 8. The van der Waals surface area contributed by atoms with Crippen molar-refractivity contribution in [3.05, 3.63) is 30.2 Å². The molecule has 1 saturated carbocycles. The summed E-state index contributed by atoms with van der Waals surface area (Å²) in [4.78, 5) is 31.6. The Bertz CT molecular complexity index is 875. The lowest BCUT2D eigenvalue weighted by Crippen LogP contribution is -2.46. The summed E-state index contributed by atoms with van der Waals surface area (Å²) in [5.74, 6) is 0.715. The second kappa shape index (κ2) is 8.49. The van der Waals surface area contributed by atoms with Gasteiger partial charge in [0.1, 0.15) is 12.0 Å². The summed E-state index contributed by atoms with van der Waals surface area (Å²) in [5, 5.41) is 10.2. The van der Waals surface area contributed by atoms with Crippen LogP contribution in [-0.4, -0.2) is 62.5 Å². The van der Waals surface area contributed by atoms with Crippen molar-refractivity contribution in [1.82, 2.24) is 30.1 Å². The smallest absolute Gasteiger partial charge is 0.270 e. The molecule has 2 aromatic rings. The van der Waals surface area contributed by atoms with Crippen LogP contribution in [0.25, 0.3) is 5.65 Å². The molecule has 4 rings (SSSR count). The predicted molar refractivity (Wildman–Crippen MR) is 109 cm³/mol. The summed E-state index contributed by atoms with van der Waals surface area (Å²) in [6.07, 6.45) is 6.53. The van der Waals surface area contributed by atoms with E-state index in [-0.39, 0.29) is 29.9 Å². The monoisotopic (exact) mass is 398 g/mol. The molecule has 2 fully saturated rings. The van der Waals surface area contributed by atoms with E-state index in [0.29, 0.717) is 24.3 Å². The lowest BCUT2D eigenvalue weighted by atomic mass is 10.1. The maximum Gasteiger partial charge on any atom is 0.270 e. The molecule has 1 aliphatic heterocycles. The number of amides is 2. The van der Waals surface area contributed by atoms with Crippen LogP contribution in [0.1, 0.15) is 56.4 Å². The summed E-state index contributed by atoms with van der Waals surface area (Å²) >= 11 is 0. The first-order valence-corrected chi connectivity index (χ1v) is 10.6. The zero-order valence-electron chi connectivity index (χ0n) is 17.2. The van der Waals surface area contributed by atoms with Gasteiger partial charge in [0.15, 0.2) is 5.65 Å². The van der Waals surface area contributed by atoms with E-state index in [1.165, 1.54) is 19.2 Å². The minimum atomic E-state index is -0.145. The van der Waals surface area contributed by atoms with Gasteiger partial charge < -0.3 is 10.6 Å². The van der Waals surface area contributed by atoms with Crippen LogP contribution in [0.15, 0.2) is 24.5 Å². The zero-order chi connectivity index (χ0) is 20.4. The lowest BCUT2D eigenvalue weighted by molar-refractivity contribution is -0.122. The molecule has 0 unspecified atom stereocenters. The maximum absolute atomic E-state index is 12.8. The third-order valence-corrected chi connectivity index (χ3v) is 5.84. The number of nitrogens with zero attached hydrogens (tertiary/aromatic N) is 4. The van der Waals surface area contributed by atoms with E-state index < -0.39 is 0 Å². The van der Waals surface area contributed by atoms with Crippen LogP contribution in [0.5, 0.6) is 0 Å². The number of carbonyl (C=O) groups is 2. The second-order valence-electron chi connectivity index (χ2n) is 8.60. The Labute approximate surface area is 171 Å². The van der Waals surface area contributed by atoms with Gasteiger partial charge in [0.2, 0.25) is 5.91 Å². The van der Waals surface area contributed by atoms with E-state index in [2.05, 4.69) is 25.6 Å². The Kier molecular flexibility index (Phi) is 5.80. The molecule has 0 bridgehead atoms. The number of aromatic nitrogens is 3. The summed E-state index contributed by atoms with van der Waals surface area (Å²) in [6.45, 7) is 5.59. The summed E-state index contributed by atoms with van der Waals surface area (Å²) in [5.41, 5.74) is 1.14. The largest absolute Gasteiger partial charge is 0.354 e. The number of pyridine rings is 1. The van der Waals surface area contributed by atoms with Crippen molar-refractivity contribution in [3.8, 4) is 0 Å². The molecule has 0 spiro atoms. The van der Waals surface area contributed by atoms with Crippen molar-refractivity contribution in [2.45, 2.75) is 64.1 Å². The fraction of sp³-hybridized carbons (Fsp3) is 0.619. The number of nitrogens with one attached hydrogen (secondary N) is 2. The second-order valence-corrected chi connectivity index (χ2v) is 8.60. The van der Waals surface area contributed by atoms with Crippen LogP contribution >= 0.6 is 0 Å². The van der Waals surface area contributed by atoms with E-state index >= 15 is 0 Å². The molecule has 1 saturated heterocycles. The van der Waals surface area contributed by atoms with Gasteiger partial charge >= 0.3 is 0 Å². The van der Waals surface area contributed by atoms with Crippen molar-refractivity contribution in [1.29, 1.82) is 0 Å². The van der Waals surface area contributed by atoms with Crippen molar-refractivity contribution >= 4 is 17.5 Å². The Hall–Kier alpha value is -2.48. The molecule has 2 amide bonds. The Morgan fingerprint density at radius 3 is 2.72 bits per heavy atom. The van der Waals surface area contributed by atoms with Gasteiger partial charge in [-0.2, -0.15) is 5.10 Å². The summed E-state index contributed by atoms with van der Waals surface area (Å²) in [7, 11) is 0. The Balaban J connectivity index is 1.38. The minimum absolute atomic E-state index is 0.119. The van der Waals surface area contributed by atoms with Crippen molar-refractivity contribution in [2.24, 2.45) is 5.92 Å². The molecule has 0 aromatic carbocycles. The predicted octanol–water partition coefficient (Wildman–Crippen LogP) is 1.62. The molecular formula is C21H30N6O2. The molecule has 2 aromatic heterocycles. The third-order valence-electron chi connectivity index (χ3n) is 5.84. The fourth-order valence-corrected chi connectivity index (χ4v) is 4.26. The van der Waals surface area contributed by atoms with E-state index in [4.69, 9.17) is 0 Å². The SMILES string of the molecule is CC(C)NC(=O)C[C@H]1CC[C@@H](CNC(=O)c2cccc3ncnn23)N1CC1CC1. The number of likely N-dealkylation sites (tertiary alicyclic amines) is 1. The average molecular weight is 399 g/mol. The molecule has 1 aliphatic carbocycles. The molecule has 8 heteroatoms. The first-order chi connectivity index (χ1) is 14.0. The lowest BCUT2D eigenvalue weighted by Gasteiger charge is -2.30. The molecule has 156 valence electrons. The van der Waals surface area contributed by atoms with E-state index in [0.717, 1.165) is 25.3 Å². The molecule has 0 radical (unpaired) electrons. The molecule has 8 nitrogen and oxygen atoms in total. The van der Waals surface area contributed by atoms with Gasteiger partial charge in [-0.3, -0.25) is 14.5 Å². The number of fused-ring (bicyclic) bond motifs is 1. The molecule has 3 heterocycles. The molecular weight excluding hydrogens is 368 g/mol. The zero-order valence-corrected chi connectivity index (χ0v) is 17.2. The van der Waals surface area contributed by atoms with E-state index in [1.807, 2.05) is 26.0 Å². The highest BCUT2D eigenvalue weighted by Crippen LogP contribution is 2.35. The van der Waals surface area contributed by atoms with Gasteiger partial charge in [0.25, 0.3) is 5.91 Å². The highest BCUT2D eigenvalue weighted by molar-refractivity contribution is 5.93. The van der Waals surface area contributed by atoms with E-state index in [1.54, 1.807) is 10.6 Å². The van der Waals surface area contributed by atoms with Crippen LogP contribution in [0.4, 0.5) is 0 Å². The van der Waals surface area contributed by atoms with Gasteiger partial charge in [-0.25, -0.2) is 9.50 Å². The average Bonchev–Trinajstić information content (AvgIpc) is 3.23. The van der Waals surface area contributed by atoms with Crippen LogP contribution < -0.4 is 10.6 Å². The van der Waals surface area contributed by atoms with Gasteiger partial charge in [0, 0.05) is 37.6 Å². The highest BCUT2D eigenvalue weighted by Gasteiger charge is 2.38. The number of hydrogen-bond donors (Lipinski definition) is 2. The quantitative estimate of drug-likeness (QED) is 0.705. The fourth-order valence-electron chi connectivity index (χ4n) is 4.26. The Morgan fingerprint density at radius 2 is 1.97 bits per heavy atom. The van der Waals surface area contributed by atoms with Crippen LogP contribution in [0.3, 0.4) is 0 Å². The first-order valence-electron chi connectivity index (χ1n) is 10.6. The van der Waals surface area contributed by atoms with Crippen LogP contribution in [-0.2, 0) is 4.79 Å². The van der Waals surface area contributed by atoms with Crippen LogP contribution in [0, 0.1) is 5.92 Å². The summed E-state index contributed by atoms with van der Waals surface area (Å²) < 4.78 is 1.56. The van der Waals surface area contributed by atoms with Crippen molar-refractivity contribution in [3.63, 3.8) is 0 Å². The summed E-state index contributed by atoms with van der Waals surface area (Å²) in [6, 6.07) is 6.09. The van der Waals surface area contributed by atoms with Gasteiger partial charge in [-0.15, -0.1) is 0 Å². The normalized spacial score (nSPS) is 22.3. The van der Waals surface area contributed by atoms with Crippen molar-refractivity contribution < 1.29 is 9.59 Å². The standard InChI is InChI=1S/C21H30N6O2/c1-14(2)25-20(28)10-16-8-9-17(26(16)12-15-6-7-15)11-22-21(29)18-4-3-5-19-23-13-24-27(18)19/h3-5,13-17H,6-12H2,1-2H3,(H,22,29)(H,25,28)/t16-,17+/m1/s1. The van der Waals surface area contributed by atoms with Gasteiger partial charge in [0.05, 0.1) is 0 Å². The Morgan fingerprint density at radius 1 is 1.17 bits per heavy atom. The third kappa shape index (κ3) is 4.75. The molecule has 29 heavy (non-hydrogen) atoms. The molecule has 2 atom stereocenters. The van der Waals surface area contributed by atoms with Crippen molar-refractivity contribution in [2.75, 3.05) is 13.1 Å². The first kappa shape index (κ1) is 19.8. The number of hydrogen-bond acceptors (Lipinski definition) is 5. The van der Waals surface area contributed by atoms with Crippen LogP contribution in [0.2, 0.25) is 0 Å². The molecule has 2 aliphatic rings. The minimum Gasteiger partial charge on any atom is -0.354 e. The topological polar surface area (TPSA) is 91.6 Å². The molecule has 2 N–H and O–H groups in total. The van der Waals surface area contributed by atoms with Gasteiger partial charge in [-0.1, -0.05) is 6.07 Å². The highest BCUT2D eigenvalue weighted by atomic mass is 16.2. The van der Waals surface area contributed by atoms with Gasteiger partial charge in [-0.05, 0) is 57.6 Å². The number of carbonyl (C=O) groups excluding carboxylic acids is 2. The van der Waals surface area contributed by atoms with E-state index in [9.17, 15) is 9.59 Å². The maximum atomic E-state index is 12.8.